The summed E-state index contributed by atoms with van der Waals surface area (Å²) >= 11 is 0. The second kappa shape index (κ2) is 9.58. The van der Waals surface area contributed by atoms with E-state index in [0.717, 1.165) is 16.7 Å². The van der Waals surface area contributed by atoms with Crippen LogP contribution in [0, 0.1) is 0 Å². The highest BCUT2D eigenvalue weighted by Gasteiger charge is 2.18. The lowest BCUT2D eigenvalue weighted by atomic mass is 9.88. The molecule has 1 amide bonds. The van der Waals surface area contributed by atoms with Crippen LogP contribution in [0.2, 0.25) is 0 Å². The van der Waals surface area contributed by atoms with Crippen molar-refractivity contribution >= 4 is 17.2 Å². The third kappa shape index (κ3) is 4.66. The molecule has 5 rings (SSSR count). The minimum atomic E-state index is -0.196. The predicted molar refractivity (Wildman–Crippen MR) is 133 cm³/mol. The Bertz CT molecular complexity index is 1430. The number of nitrogens with zero attached hydrogens (tertiary/aromatic N) is 3. The van der Waals surface area contributed by atoms with E-state index in [-0.39, 0.29) is 17.5 Å². The molecule has 0 aliphatic carbocycles. The number of rotatable bonds is 7. The Balaban J connectivity index is 1.33. The average Bonchev–Trinajstić information content (AvgIpc) is 3.19. The molecule has 2 heterocycles. The van der Waals surface area contributed by atoms with Crippen molar-refractivity contribution in [2.45, 2.75) is 18.9 Å². The van der Waals surface area contributed by atoms with Gasteiger partial charge in [-0.3, -0.25) is 9.20 Å². The van der Waals surface area contributed by atoms with Crippen molar-refractivity contribution < 1.29 is 4.79 Å². The fraction of sp³-hybridized carbons (Fsp3) is 0.107. The first-order valence-electron chi connectivity index (χ1n) is 11.2. The van der Waals surface area contributed by atoms with Gasteiger partial charge in [-0.1, -0.05) is 78.9 Å². The Labute approximate surface area is 197 Å². The van der Waals surface area contributed by atoms with Gasteiger partial charge in [0.15, 0.2) is 5.65 Å². The van der Waals surface area contributed by atoms with E-state index in [0.29, 0.717) is 24.3 Å². The molecule has 3 aromatic carbocycles. The summed E-state index contributed by atoms with van der Waals surface area (Å²) in [7, 11) is 0. The second-order valence-electron chi connectivity index (χ2n) is 8.20. The highest BCUT2D eigenvalue weighted by atomic mass is 16.2. The van der Waals surface area contributed by atoms with Crippen LogP contribution in [0.3, 0.4) is 0 Å². The highest BCUT2D eigenvalue weighted by molar-refractivity contribution is 5.91. The minimum Gasteiger partial charge on any atom is -0.326 e. The largest absolute Gasteiger partial charge is 0.350 e. The Hall–Kier alpha value is -4.45. The highest BCUT2D eigenvalue weighted by Crippen LogP contribution is 2.28. The van der Waals surface area contributed by atoms with E-state index in [1.807, 2.05) is 66.7 Å². The molecule has 6 nitrogen and oxygen atoms in total. The van der Waals surface area contributed by atoms with Crippen molar-refractivity contribution in [3.05, 3.63) is 136 Å². The van der Waals surface area contributed by atoms with Gasteiger partial charge in [0, 0.05) is 24.2 Å². The second-order valence-corrected chi connectivity index (χ2v) is 8.20. The van der Waals surface area contributed by atoms with Crippen molar-refractivity contribution in [1.29, 1.82) is 0 Å². The van der Waals surface area contributed by atoms with Crippen molar-refractivity contribution in [3.8, 4) is 0 Å². The number of anilines is 1. The Morgan fingerprint density at radius 3 is 2.18 bits per heavy atom. The Morgan fingerprint density at radius 1 is 0.824 bits per heavy atom. The number of carbonyl (C=O) groups is 1. The van der Waals surface area contributed by atoms with Gasteiger partial charge >= 0.3 is 5.69 Å². The van der Waals surface area contributed by atoms with Crippen LogP contribution in [-0.4, -0.2) is 20.1 Å². The monoisotopic (exact) mass is 448 g/mol. The van der Waals surface area contributed by atoms with Crippen LogP contribution in [-0.2, 0) is 11.3 Å². The van der Waals surface area contributed by atoms with Crippen LogP contribution in [0.5, 0.6) is 0 Å². The molecule has 6 heteroatoms. The maximum absolute atomic E-state index is 13.0. The lowest BCUT2D eigenvalue weighted by Crippen LogP contribution is -2.21. The molecule has 0 aliphatic rings. The first kappa shape index (κ1) is 21.4. The van der Waals surface area contributed by atoms with Crippen LogP contribution in [0.15, 0.2) is 114 Å². The van der Waals surface area contributed by atoms with Gasteiger partial charge < -0.3 is 5.32 Å². The van der Waals surface area contributed by atoms with Gasteiger partial charge in [0.1, 0.15) is 0 Å². The van der Waals surface area contributed by atoms with Gasteiger partial charge in [-0.15, -0.1) is 5.10 Å². The fourth-order valence-electron chi connectivity index (χ4n) is 4.19. The van der Waals surface area contributed by atoms with Gasteiger partial charge in [0.05, 0.1) is 6.54 Å². The summed E-state index contributed by atoms with van der Waals surface area (Å²) in [5, 5.41) is 7.41. The Kier molecular flexibility index (Phi) is 6.03. The van der Waals surface area contributed by atoms with Crippen LogP contribution in [0.25, 0.3) is 5.65 Å². The summed E-state index contributed by atoms with van der Waals surface area (Å²) in [4.78, 5) is 25.6. The summed E-state index contributed by atoms with van der Waals surface area (Å²) in [6.45, 7) is 0.320. The maximum Gasteiger partial charge on any atom is 0.350 e. The average molecular weight is 449 g/mol. The molecule has 0 saturated heterocycles. The van der Waals surface area contributed by atoms with E-state index in [1.165, 1.54) is 9.08 Å². The molecule has 0 atom stereocenters. The Morgan fingerprint density at radius 2 is 1.50 bits per heavy atom. The molecule has 34 heavy (non-hydrogen) atoms. The topological polar surface area (TPSA) is 68.4 Å². The zero-order chi connectivity index (χ0) is 23.3. The number of nitrogens with one attached hydrogen (secondary N) is 1. The number of carbonyl (C=O) groups excluding carboxylic acids is 1. The minimum absolute atomic E-state index is 0.0397. The van der Waals surface area contributed by atoms with Gasteiger partial charge in [0.25, 0.3) is 0 Å². The first-order valence-corrected chi connectivity index (χ1v) is 11.2. The first-order chi connectivity index (χ1) is 16.7. The molecule has 0 fully saturated rings. The zero-order valence-corrected chi connectivity index (χ0v) is 18.5. The van der Waals surface area contributed by atoms with E-state index in [1.54, 1.807) is 18.3 Å². The smallest absolute Gasteiger partial charge is 0.326 e. The molecule has 2 aromatic heterocycles. The quantitative estimate of drug-likeness (QED) is 0.392. The van der Waals surface area contributed by atoms with E-state index in [9.17, 15) is 9.59 Å². The zero-order valence-electron chi connectivity index (χ0n) is 18.5. The van der Waals surface area contributed by atoms with Crippen molar-refractivity contribution in [1.82, 2.24) is 14.2 Å². The molecule has 168 valence electrons. The number of benzene rings is 3. The number of hydrogen-bond donors (Lipinski definition) is 1. The molecule has 1 N–H and O–H groups in total. The molecule has 0 unspecified atom stereocenters. The van der Waals surface area contributed by atoms with E-state index in [2.05, 4.69) is 34.7 Å². The summed E-state index contributed by atoms with van der Waals surface area (Å²) in [5.74, 6) is -0.109. The van der Waals surface area contributed by atoms with E-state index >= 15 is 0 Å². The normalized spacial score (nSPS) is 11.1. The standard InChI is InChI=1S/C28H24N4O2/c33-27(19-25(22-11-3-1-4-12-22)23-13-5-2-6-14-23)29-24-15-9-10-21(18-24)20-32-28(34)31-17-8-7-16-26(31)30-32/h1-18,25H,19-20H2,(H,29,33). The van der Waals surface area contributed by atoms with Gasteiger partial charge in [-0.2, -0.15) is 0 Å². The summed E-state index contributed by atoms with van der Waals surface area (Å²) < 4.78 is 2.94. The molecular formula is C28H24N4O2. The van der Waals surface area contributed by atoms with E-state index in [4.69, 9.17) is 0 Å². The van der Waals surface area contributed by atoms with Gasteiger partial charge in [0.2, 0.25) is 5.91 Å². The van der Waals surface area contributed by atoms with Gasteiger partial charge in [-0.05, 0) is 41.0 Å². The summed E-state index contributed by atoms with van der Waals surface area (Å²) in [6, 6.07) is 33.1. The van der Waals surface area contributed by atoms with Crippen LogP contribution >= 0.6 is 0 Å². The lowest BCUT2D eigenvalue weighted by Gasteiger charge is -2.18. The number of amides is 1. The van der Waals surface area contributed by atoms with Crippen LogP contribution in [0.4, 0.5) is 5.69 Å². The molecule has 0 aliphatic heterocycles. The maximum atomic E-state index is 13.0. The number of pyridine rings is 1. The van der Waals surface area contributed by atoms with Crippen LogP contribution in [0.1, 0.15) is 29.0 Å². The number of hydrogen-bond acceptors (Lipinski definition) is 3. The number of fused-ring (bicyclic) bond motifs is 1. The van der Waals surface area contributed by atoms with Crippen LogP contribution < -0.4 is 11.0 Å². The summed E-state index contributed by atoms with van der Waals surface area (Å²) in [5.41, 5.74) is 4.18. The van der Waals surface area contributed by atoms with E-state index < -0.39 is 0 Å². The summed E-state index contributed by atoms with van der Waals surface area (Å²) in [6.07, 6.45) is 2.03. The molecular weight excluding hydrogens is 424 g/mol. The SMILES string of the molecule is O=C(CC(c1ccccc1)c1ccccc1)Nc1cccc(Cn2nc3ccccn3c2=O)c1. The third-order valence-electron chi connectivity index (χ3n) is 5.82. The molecule has 5 aromatic rings. The molecule has 0 saturated carbocycles. The number of aromatic nitrogens is 3. The lowest BCUT2D eigenvalue weighted by molar-refractivity contribution is -0.116. The molecule has 0 radical (unpaired) electrons. The third-order valence-corrected chi connectivity index (χ3v) is 5.82. The van der Waals surface area contributed by atoms with Crippen molar-refractivity contribution in [2.24, 2.45) is 0 Å². The van der Waals surface area contributed by atoms with Gasteiger partial charge in [-0.25, -0.2) is 9.48 Å². The predicted octanol–water partition coefficient (Wildman–Crippen LogP) is 4.71. The fourth-order valence-corrected chi connectivity index (χ4v) is 4.19. The van der Waals surface area contributed by atoms with Crippen molar-refractivity contribution in [3.63, 3.8) is 0 Å². The molecule has 0 bridgehead atoms. The van der Waals surface area contributed by atoms with Crippen molar-refractivity contribution in [2.75, 3.05) is 5.32 Å². The molecule has 0 spiro atoms.